The van der Waals surface area contributed by atoms with Crippen molar-refractivity contribution in [2.75, 3.05) is 20.3 Å². The lowest BCUT2D eigenvalue weighted by Crippen LogP contribution is -2.47. The summed E-state index contributed by atoms with van der Waals surface area (Å²) in [6.07, 6.45) is -6.19. The maximum Gasteiger partial charge on any atom is 0.111 e. The minimum Gasteiger partial charge on any atom is -0.394 e. The van der Waals surface area contributed by atoms with Crippen LogP contribution in [-0.4, -0.2) is 70.2 Å². The zero-order valence-electron chi connectivity index (χ0n) is 8.08. The highest BCUT2D eigenvalue weighted by Gasteiger charge is 2.29. The van der Waals surface area contributed by atoms with Crippen molar-refractivity contribution in [1.29, 1.82) is 0 Å². The number of hydrogen-bond donors (Lipinski definition) is 5. The number of aliphatic hydroxyl groups is 5. The summed E-state index contributed by atoms with van der Waals surface area (Å²) in [6, 6.07) is 0. The van der Waals surface area contributed by atoms with Crippen molar-refractivity contribution in [2.45, 2.75) is 24.4 Å². The SMILES string of the molecule is [2H]COC[C@@H](O)[C@@H](O)[C@H](O)[C@@H](O)CO. The van der Waals surface area contributed by atoms with E-state index in [2.05, 4.69) is 4.74 Å². The third-order valence-electron chi connectivity index (χ3n) is 1.61. The molecule has 5 N–H and O–H groups in total. The van der Waals surface area contributed by atoms with Crippen LogP contribution in [0, 0.1) is 0 Å². The summed E-state index contributed by atoms with van der Waals surface area (Å²) in [5.74, 6) is 0. The predicted molar refractivity (Wildman–Crippen MR) is 43.0 cm³/mol. The molecule has 0 saturated carbocycles. The van der Waals surface area contributed by atoms with Gasteiger partial charge in [0.1, 0.15) is 24.4 Å². The molecule has 0 unspecified atom stereocenters. The van der Waals surface area contributed by atoms with E-state index in [1.165, 1.54) is 0 Å². The van der Waals surface area contributed by atoms with Crippen LogP contribution in [0.5, 0.6) is 0 Å². The summed E-state index contributed by atoms with van der Waals surface area (Å²) >= 11 is 0. The minimum atomic E-state index is -1.65. The Bertz CT molecular complexity index is 146. The van der Waals surface area contributed by atoms with Gasteiger partial charge in [0.05, 0.1) is 14.6 Å². The van der Waals surface area contributed by atoms with Gasteiger partial charge in [-0.25, -0.2) is 0 Å². The molecule has 0 rings (SSSR count). The summed E-state index contributed by atoms with van der Waals surface area (Å²) in [6.45, 7) is -1.04. The Balaban J connectivity index is 3.95. The van der Waals surface area contributed by atoms with Crippen LogP contribution in [0.25, 0.3) is 0 Å². The van der Waals surface area contributed by atoms with Crippen molar-refractivity contribution in [3.63, 3.8) is 0 Å². The van der Waals surface area contributed by atoms with Crippen LogP contribution >= 0.6 is 0 Å². The van der Waals surface area contributed by atoms with Crippen molar-refractivity contribution in [3.05, 3.63) is 0 Å². The van der Waals surface area contributed by atoms with Crippen molar-refractivity contribution in [1.82, 2.24) is 0 Å². The van der Waals surface area contributed by atoms with E-state index in [4.69, 9.17) is 21.8 Å². The fourth-order valence-electron chi connectivity index (χ4n) is 0.783. The Hall–Kier alpha value is -0.240. The molecule has 0 aliphatic carbocycles. The quantitative estimate of drug-likeness (QED) is 0.312. The lowest BCUT2D eigenvalue weighted by atomic mass is 10.0. The molecule has 0 radical (unpaired) electrons. The smallest absolute Gasteiger partial charge is 0.111 e. The fourth-order valence-corrected chi connectivity index (χ4v) is 0.783. The largest absolute Gasteiger partial charge is 0.394 e. The first kappa shape index (κ1) is 10.8. The van der Waals surface area contributed by atoms with Crippen molar-refractivity contribution >= 4 is 0 Å². The standard InChI is InChI=1S/C7H16O6/c1-13-3-5(10)7(12)6(11)4(9)2-8/h4-12H,2-3H2,1H3/t4-,5+,6+,7+/m0/s1/i1D. The number of rotatable bonds is 6. The number of hydrogen-bond acceptors (Lipinski definition) is 6. The number of ether oxygens (including phenoxy) is 1. The predicted octanol–water partition coefficient (Wildman–Crippen LogP) is -2.93. The highest BCUT2D eigenvalue weighted by Crippen LogP contribution is 2.04. The maximum atomic E-state index is 9.20. The maximum absolute atomic E-state index is 9.20. The molecule has 6 nitrogen and oxygen atoms in total. The monoisotopic (exact) mass is 197 g/mol. The van der Waals surface area contributed by atoms with Crippen LogP contribution < -0.4 is 0 Å². The molecular formula is C7H16O6. The number of methoxy groups -OCH3 is 1. The van der Waals surface area contributed by atoms with Crippen molar-refractivity contribution in [2.24, 2.45) is 0 Å². The van der Waals surface area contributed by atoms with Crippen LogP contribution in [0.3, 0.4) is 0 Å². The Morgan fingerprint density at radius 1 is 1.15 bits per heavy atom. The topological polar surface area (TPSA) is 110 Å². The van der Waals surface area contributed by atoms with Gasteiger partial charge in [0.15, 0.2) is 0 Å². The Morgan fingerprint density at radius 2 is 1.69 bits per heavy atom. The highest BCUT2D eigenvalue weighted by molar-refractivity contribution is 4.80. The van der Waals surface area contributed by atoms with E-state index in [1.54, 1.807) is 0 Å². The number of aliphatic hydroxyl groups excluding tert-OH is 5. The summed E-state index contributed by atoms with van der Waals surface area (Å²) in [7, 11) is -0.373. The molecule has 0 amide bonds. The third-order valence-corrected chi connectivity index (χ3v) is 1.61. The van der Waals surface area contributed by atoms with Gasteiger partial charge in [0.25, 0.3) is 0 Å². The molecule has 0 aliphatic rings. The molecule has 0 heterocycles. The molecule has 0 fully saturated rings. The van der Waals surface area contributed by atoms with E-state index in [1.807, 2.05) is 0 Å². The van der Waals surface area contributed by atoms with Gasteiger partial charge in [-0.15, -0.1) is 0 Å². The van der Waals surface area contributed by atoms with Gasteiger partial charge in [-0.1, -0.05) is 0 Å². The van der Waals surface area contributed by atoms with Crippen LogP contribution in [0.2, 0.25) is 0 Å². The van der Waals surface area contributed by atoms with E-state index >= 15 is 0 Å². The molecule has 0 bridgehead atoms. The summed E-state index contributed by atoms with van der Waals surface area (Å²) in [4.78, 5) is 0. The summed E-state index contributed by atoms with van der Waals surface area (Å²) in [5, 5.41) is 44.9. The van der Waals surface area contributed by atoms with Crippen molar-refractivity contribution in [3.8, 4) is 0 Å². The van der Waals surface area contributed by atoms with E-state index < -0.39 is 31.0 Å². The van der Waals surface area contributed by atoms with Gasteiger partial charge in [-0.3, -0.25) is 0 Å². The van der Waals surface area contributed by atoms with Gasteiger partial charge in [-0.05, 0) is 0 Å². The van der Waals surface area contributed by atoms with Crippen LogP contribution in [0.4, 0.5) is 0 Å². The first-order valence-corrected chi connectivity index (χ1v) is 3.74. The van der Waals surface area contributed by atoms with E-state index in [9.17, 15) is 5.11 Å². The third kappa shape index (κ3) is 3.99. The van der Waals surface area contributed by atoms with E-state index in [-0.39, 0.29) is 13.7 Å². The second-order valence-corrected chi connectivity index (χ2v) is 2.67. The lowest BCUT2D eigenvalue weighted by molar-refractivity contribution is -0.126. The zero-order chi connectivity index (χ0) is 11.1. The van der Waals surface area contributed by atoms with Crippen LogP contribution in [0.1, 0.15) is 1.37 Å². The van der Waals surface area contributed by atoms with Crippen LogP contribution in [0.15, 0.2) is 0 Å². The average molecular weight is 197 g/mol. The molecule has 0 aromatic heterocycles. The highest BCUT2D eigenvalue weighted by atomic mass is 16.5. The van der Waals surface area contributed by atoms with E-state index in [0.29, 0.717) is 0 Å². The lowest BCUT2D eigenvalue weighted by Gasteiger charge is -2.24. The summed E-state index contributed by atoms with van der Waals surface area (Å²) < 4.78 is 11.1. The molecule has 6 heteroatoms. The Labute approximate surface area is 77.4 Å². The first-order chi connectivity index (χ1) is 6.54. The second-order valence-electron chi connectivity index (χ2n) is 2.67. The van der Waals surface area contributed by atoms with Crippen molar-refractivity contribution < 1.29 is 31.6 Å². The molecule has 0 aromatic carbocycles. The molecule has 0 aromatic rings. The van der Waals surface area contributed by atoms with Gasteiger partial charge >= 0.3 is 0 Å². The molecular weight excluding hydrogens is 180 g/mol. The van der Waals surface area contributed by atoms with Gasteiger partial charge in [0.2, 0.25) is 0 Å². The van der Waals surface area contributed by atoms with Gasteiger partial charge in [-0.2, -0.15) is 0 Å². The van der Waals surface area contributed by atoms with Gasteiger partial charge < -0.3 is 30.3 Å². The molecule has 0 aliphatic heterocycles. The first-order valence-electron chi connectivity index (χ1n) is 4.45. The molecule has 80 valence electrons. The molecule has 13 heavy (non-hydrogen) atoms. The van der Waals surface area contributed by atoms with E-state index in [0.717, 1.165) is 0 Å². The molecule has 4 atom stereocenters. The molecule has 0 spiro atoms. The van der Waals surface area contributed by atoms with Gasteiger partial charge in [0, 0.05) is 7.09 Å². The average Bonchev–Trinajstić information content (AvgIpc) is 2.22. The summed E-state index contributed by atoms with van der Waals surface area (Å²) in [5.41, 5.74) is 0. The Kier molecular flexibility index (Phi) is 5.21. The zero-order valence-corrected chi connectivity index (χ0v) is 7.08. The minimum absolute atomic E-state index is 0.320. The fraction of sp³-hybridized carbons (Fsp3) is 1.00. The second kappa shape index (κ2) is 6.25. The Morgan fingerprint density at radius 3 is 2.15 bits per heavy atom. The van der Waals surface area contributed by atoms with Crippen LogP contribution in [-0.2, 0) is 4.74 Å². The normalized spacial score (nSPS) is 21.8. The molecule has 0 saturated heterocycles.